The van der Waals surface area contributed by atoms with Gasteiger partial charge < -0.3 is 10.1 Å². The summed E-state index contributed by atoms with van der Waals surface area (Å²) in [5.41, 5.74) is -0.349. The molecule has 19 heavy (non-hydrogen) atoms. The standard InChI is InChI=1S/C14H12F3NO/c15-10-8-12(16)14(13(17)9-10)18-6-7-19-11-4-2-1-3-5-11/h1-5,8-9,18H,6-7H2. The lowest BCUT2D eigenvalue weighted by Crippen LogP contribution is -2.13. The van der Waals surface area contributed by atoms with Crippen LogP contribution in [0.1, 0.15) is 0 Å². The Morgan fingerprint density at radius 3 is 2.21 bits per heavy atom. The average Bonchev–Trinajstić information content (AvgIpc) is 2.38. The summed E-state index contributed by atoms with van der Waals surface area (Å²) in [7, 11) is 0. The smallest absolute Gasteiger partial charge is 0.152 e. The molecule has 0 bridgehead atoms. The summed E-state index contributed by atoms with van der Waals surface area (Å²) in [6, 6.07) is 10.3. The number of ether oxygens (including phenoxy) is 1. The molecule has 2 aromatic rings. The second-order valence-electron chi connectivity index (χ2n) is 3.83. The molecule has 0 fully saturated rings. The van der Waals surface area contributed by atoms with Crippen LogP contribution in [0.15, 0.2) is 42.5 Å². The fourth-order valence-electron chi connectivity index (χ4n) is 1.57. The van der Waals surface area contributed by atoms with E-state index < -0.39 is 17.5 Å². The van der Waals surface area contributed by atoms with E-state index in [1.54, 1.807) is 12.1 Å². The number of anilines is 1. The topological polar surface area (TPSA) is 21.3 Å². The van der Waals surface area contributed by atoms with E-state index in [9.17, 15) is 13.2 Å². The average molecular weight is 267 g/mol. The monoisotopic (exact) mass is 267 g/mol. The summed E-state index contributed by atoms with van der Waals surface area (Å²) >= 11 is 0. The molecule has 0 aliphatic heterocycles. The van der Waals surface area contributed by atoms with Gasteiger partial charge in [-0.2, -0.15) is 0 Å². The first-order valence-corrected chi connectivity index (χ1v) is 5.73. The van der Waals surface area contributed by atoms with Crippen molar-refractivity contribution in [2.75, 3.05) is 18.5 Å². The van der Waals surface area contributed by atoms with Crippen LogP contribution in [0.4, 0.5) is 18.9 Å². The number of para-hydroxylation sites is 1. The largest absolute Gasteiger partial charge is 0.492 e. The fourth-order valence-corrected chi connectivity index (χ4v) is 1.57. The van der Waals surface area contributed by atoms with Crippen LogP contribution in [0.25, 0.3) is 0 Å². The maximum atomic E-state index is 13.3. The molecule has 0 saturated heterocycles. The Labute approximate surface area is 108 Å². The fraction of sp³-hybridized carbons (Fsp3) is 0.143. The molecule has 0 amide bonds. The van der Waals surface area contributed by atoms with Gasteiger partial charge in [-0.3, -0.25) is 0 Å². The van der Waals surface area contributed by atoms with Crippen molar-refractivity contribution in [3.8, 4) is 5.75 Å². The van der Waals surface area contributed by atoms with Crippen LogP contribution in [0.3, 0.4) is 0 Å². The second-order valence-corrected chi connectivity index (χ2v) is 3.83. The van der Waals surface area contributed by atoms with Crippen molar-refractivity contribution in [2.45, 2.75) is 0 Å². The predicted molar refractivity (Wildman–Crippen MR) is 66.7 cm³/mol. The van der Waals surface area contributed by atoms with E-state index in [2.05, 4.69) is 5.32 Å². The molecule has 0 radical (unpaired) electrons. The van der Waals surface area contributed by atoms with Gasteiger partial charge in [-0.25, -0.2) is 13.2 Å². The molecule has 2 nitrogen and oxygen atoms in total. The van der Waals surface area contributed by atoms with Crippen LogP contribution in [-0.4, -0.2) is 13.2 Å². The molecule has 5 heteroatoms. The minimum Gasteiger partial charge on any atom is -0.492 e. The third kappa shape index (κ3) is 3.64. The van der Waals surface area contributed by atoms with Crippen LogP contribution >= 0.6 is 0 Å². The number of halogens is 3. The van der Waals surface area contributed by atoms with E-state index in [0.717, 1.165) is 0 Å². The quantitative estimate of drug-likeness (QED) is 0.836. The summed E-state index contributed by atoms with van der Waals surface area (Å²) in [6.07, 6.45) is 0. The highest BCUT2D eigenvalue weighted by Gasteiger charge is 2.10. The Hall–Kier alpha value is -2.17. The third-order valence-corrected chi connectivity index (χ3v) is 2.42. The van der Waals surface area contributed by atoms with Gasteiger partial charge in [-0.15, -0.1) is 0 Å². The van der Waals surface area contributed by atoms with Crippen molar-refractivity contribution in [2.24, 2.45) is 0 Å². The van der Waals surface area contributed by atoms with Gasteiger partial charge in [0.15, 0.2) is 11.6 Å². The molecular formula is C14H12F3NO. The Kier molecular flexibility index (Phi) is 4.28. The van der Waals surface area contributed by atoms with Gasteiger partial charge in [0.25, 0.3) is 0 Å². The molecule has 0 heterocycles. The maximum absolute atomic E-state index is 13.3. The highest BCUT2D eigenvalue weighted by molar-refractivity contribution is 5.46. The van der Waals surface area contributed by atoms with Crippen molar-refractivity contribution in [1.82, 2.24) is 0 Å². The Balaban J connectivity index is 1.86. The van der Waals surface area contributed by atoms with Gasteiger partial charge in [-0.05, 0) is 12.1 Å². The molecule has 0 aliphatic carbocycles. The van der Waals surface area contributed by atoms with E-state index in [1.807, 2.05) is 18.2 Å². The van der Waals surface area contributed by atoms with Crippen molar-refractivity contribution in [3.05, 3.63) is 59.9 Å². The first kappa shape index (κ1) is 13.3. The zero-order valence-electron chi connectivity index (χ0n) is 10.00. The first-order valence-electron chi connectivity index (χ1n) is 5.73. The molecule has 2 rings (SSSR count). The number of nitrogens with one attached hydrogen (secondary N) is 1. The lowest BCUT2D eigenvalue weighted by molar-refractivity contribution is 0.332. The lowest BCUT2D eigenvalue weighted by atomic mass is 10.3. The molecule has 0 unspecified atom stereocenters. The summed E-state index contributed by atoms with van der Waals surface area (Å²) in [5.74, 6) is -2.19. The minimum absolute atomic E-state index is 0.203. The lowest BCUT2D eigenvalue weighted by Gasteiger charge is -2.10. The van der Waals surface area contributed by atoms with Gasteiger partial charge in [-0.1, -0.05) is 18.2 Å². The summed E-state index contributed by atoms with van der Waals surface area (Å²) in [5, 5.41) is 2.54. The number of hydrogen-bond donors (Lipinski definition) is 1. The van der Waals surface area contributed by atoms with E-state index in [-0.39, 0.29) is 18.8 Å². The summed E-state index contributed by atoms with van der Waals surface area (Å²) < 4.78 is 44.6. The van der Waals surface area contributed by atoms with E-state index in [1.165, 1.54) is 0 Å². The SMILES string of the molecule is Fc1cc(F)c(NCCOc2ccccc2)c(F)c1. The normalized spacial score (nSPS) is 10.3. The molecule has 0 spiro atoms. The van der Waals surface area contributed by atoms with Crippen LogP contribution < -0.4 is 10.1 Å². The van der Waals surface area contributed by atoms with E-state index in [0.29, 0.717) is 17.9 Å². The third-order valence-electron chi connectivity index (χ3n) is 2.42. The van der Waals surface area contributed by atoms with Crippen molar-refractivity contribution < 1.29 is 17.9 Å². The maximum Gasteiger partial charge on any atom is 0.152 e. The molecule has 0 aliphatic rings. The minimum atomic E-state index is -0.961. The van der Waals surface area contributed by atoms with Gasteiger partial charge >= 0.3 is 0 Å². The molecule has 0 aromatic heterocycles. The predicted octanol–water partition coefficient (Wildman–Crippen LogP) is 3.59. The first-order chi connectivity index (χ1) is 9.16. The van der Waals surface area contributed by atoms with E-state index >= 15 is 0 Å². The number of rotatable bonds is 5. The van der Waals surface area contributed by atoms with Crippen LogP contribution in [0, 0.1) is 17.5 Å². The Morgan fingerprint density at radius 2 is 1.58 bits per heavy atom. The van der Waals surface area contributed by atoms with Gasteiger partial charge in [0.05, 0.1) is 0 Å². The molecule has 0 saturated carbocycles. The van der Waals surface area contributed by atoms with Crippen molar-refractivity contribution in [1.29, 1.82) is 0 Å². The number of benzene rings is 2. The molecular weight excluding hydrogens is 255 g/mol. The highest BCUT2D eigenvalue weighted by atomic mass is 19.1. The molecule has 1 N–H and O–H groups in total. The summed E-state index contributed by atoms with van der Waals surface area (Å²) in [6.45, 7) is 0.439. The molecule has 0 atom stereocenters. The van der Waals surface area contributed by atoms with E-state index in [4.69, 9.17) is 4.74 Å². The zero-order chi connectivity index (χ0) is 13.7. The van der Waals surface area contributed by atoms with Crippen molar-refractivity contribution in [3.63, 3.8) is 0 Å². The van der Waals surface area contributed by atoms with Gasteiger partial charge in [0.1, 0.15) is 23.9 Å². The second kappa shape index (κ2) is 6.13. The van der Waals surface area contributed by atoms with Gasteiger partial charge in [0.2, 0.25) is 0 Å². The zero-order valence-corrected chi connectivity index (χ0v) is 10.00. The van der Waals surface area contributed by atoms with Crippen molar-refractivity contribution >= 4 is 5.69 Å². The van der Waals surface area contributed by atoms with Crippen LogP contribution in [0.2, 0.25) is 0 Å². The van der Waals surface area contributed by atoms with Crippen LogP contribution in [-0.2, 0) is 0 Å². The Bertz CT molecular complexity index is 523. The molecule has 2 aromatic carbocycles. The molecule has 100 valence electrons. The summed E-state index contributed by atoms with van der Waals surface area (Å²) in [4.78, 5) is 0. The number of hydrogen-bond acceptors (Lipinski definition) is 2. The van der Waals surface area contributed by atoms with Crippen LogP contribution in [0.5, 0.6) is 5.75 Å². The Morgan fingerprint density at radius 1 is 0.947 bits per heavy atom. The highest BCUT2D eigenvalue weighted by Crippen LogP contribution is 2.19. The van der Waals surface area contributed by atoms with Gasteiger partial charge in [0, 0.05) is 18.7 Å².